The molecule has 14 nitrogen and oxygen atoms in total. The average Bonchev–Trinajstić information content (AvgIpc) is 3.44. The molecule has 0 aliphatic carbocycles. The predicted molar refractivity (Wildman–Crippen MR) is 221 cm³/mol. The fourth-order valence-electron chi connectivity index (χ4n) is 5.50. The van der Waals surface area contributed by atoms with E-state index in [1.807, 2.05) is 0 Å². The van der Waals surface area contributed by atoms with Gasteiger partial charge in [-0.1, -0.05) is 0 Å². The second-order valence-electron chi connectivity index (χ2n) is 11.6. The topological polar surface area (TPSA) is 170 Å². The van der Waals surface area contributed by atoms with Crippen molar-refractivity contribution in [3.63, 3.8) is 0 Å². The first-order valence-corrected chi connectivity index (χ1v) is 19.0. The highest BCUT2D eigenvalue weighted by molar-refractivity contribution is 6.75. The number of likely N-dealkylation sites (tertiary alicyclic amines) is 2. The minimum atomic E-state index is -2.24. The van der Waals surface area contributed by atoms with Gasteiger partial charge in [-0.2, -0.15) is 0 Å². The number of aromatic nitrogens is 2. The second-order valence-corrected chi connectivity index (χ2v) is 15.9. The Morgan fingerprint density at radius 1 is 0.825 bits per heavy atom. The number of imidazole rings is 1. The van der Waals surface area contributed by atoms with Crippen LogP contribution in [0.25, 0.3) is 11.0 Å². The van der Waals surface area contributed by atoms with Crippen molar-refractivity contribution in [2.24, 2.45) is 0 Å². The molecule has 0 saturated carbocycles. The van der Waals surface area contributed by atoms with Crippen molar-refractivity contribution in [3.8, 4) is 0 Å². The minimum Gasteiger partial charge on any atom is -0.450 e. The maximum Gasteiger partial charge on any atom is 0.515 e. The number of carbonyl (C=O) groups excluding carboxylic acids is 3. The van der Waals surface area contributed by atoms with E-state index in [1.165, 1.54) is 24.3 Å². The van der Waals surface area contributed by atoms with Crippen LogP contribution in [0.3, 0.4) is 0 Å². The zero-order chi connectivity index (χ0) is 42.2. The summed E-state index contributed by atoms with van der Waals surface area (Å²) in [6.45, 7) is 6.71. The van der Waals surface area contributed by atoms with E-state index in [4.69, 9.17) is 84.8 Å². The molecule has 25 heteroatoms. The number of ether oxygens (including phenoxy) is 4. The Bertz CT molecular complexity index is 1770. The van der Waals surface area contributed by atoms with Gasteiger partial charge in [0.2, 0.25) is 0 Å². The van der Waals surface area contributed by atoms with Gasteiger partial charge in [-0.05, 0) is 146 Å². The maximum atomic E-state index is 13.2. The van der Waals surface area contributed by atoms with Crippen molar-refractivity contribution in [2.75, 3.05) is 50.4 Å². The molecule has 0 spiro atoms. The van der Waals surface area contributed by atoms with Crippen molar-refractivity contribution in [2.45, 2.75) is 59.6 Å². The minimum absolute atomic E-state index is 0. The van der Waals surface area contributed by atoms with E-state index in [2.05, 4.69) is 35.2 Å². The molecule has 57 heavy (non-hydrogen) atoms. The maximum absolute atomic E-state index is 13.2. The van der Waals surface area contributed by atoms with Crippen LogP contribution in [0, 0.1) is 11.6 Å². The van der Waals surface area contributed by atoms with Crippen LogP contribution >= 0.6 is 69.6 Å². The lowest BCUT2D eigenvalue weighted by molar-refractivity contribution is 0.0508. The number of halogens is 8. The van der Waals surface area contributed by atoms with E-state index in [-0.39, 0.29) is 50.0 Å². The molecule has 309 valence electrons. The highest BCUT2D eigenvalue weighted by Gasteiger charge is 2.32. The second kappa shape index (κ2) is 24.7. The van der Waals surface area contributed by atoms with Crippen LogP contribution in [-0.4, -0.2) is 115 Å². The summed E-state index contributed by atoms with van der Waals surface area (Å²) in [6, 6.07) is 8.83. The predicted octanol–water partition coefficient (Wildman–Crippen LogP) is 7.36. The summed E-state index contributed by atoms with van der Waals surface area (Å²) in [7, 11) is 8.00. The number of alkyl halides is 6. The fraction of sp³-hybridized carbons (Fsp3) is 0.500. The molecule has 4 N–H and O–H groups in total. The Balaban J connectivity index is 0.000000432. The van der Waals surface area contributed by atoms with Crippen LogP contribution in [0.15, 0.2) is 41.2 Å². The molecule has 2 amide bonds. The Hall–Kier alpha value is -3.09. The smallest absolute Gasteiger partial charge is 0.450 e. The molecule has 3 aromatic rings. The molecule has 5 rings (SSSR count). The molecule has 2 aliphatic rings. The number of amides is 2. The number of hydrogen-bond donors (Lipinski definition) is 3. The first-order chi connectivity index (χ1) is 26.3. The molecule has 2 aliphatic heterocycles. The van der Waals surface area contributed by atoms with Gasteiger partial charge in [0.15, 0.2) is 0 Å². The number of hydrogen-bond acceptors (Lipinski definition) is 10. The third-order valence-electron chi connectivity index (χ3n) is 7.83. The third kappa shape index (κ3) is 18.2. The quantitative estimate of drug-likeness (QED) is 0.0773. The number of carbonyl (C=O) groups is 3. The van der Waals surface area contributed by atoms with Crippen LogP contribution in [0.1, 0.15) is 45.6 Å². The number of aromatic amines is 1. The van der Waals surface area contributed by atoms with Crippen LogP contribution in [-0.2, 0) is 18.9 Å². The molecule has 1 aromatic heterocycles. The number of nitrogens with one attached hydrogen (secondary N) is 2. The standard InChI is InChI=1S/C15H18FN3O3.C14H20FN3O2.C3Cl6O3.B2.B/c1-2-22-15(21)18-7-5-11(6-8-18)19-13-4-3-10(16)9-12(13)17-14(19)20;1-2-20-14(19)18-7-5-11(6-8-18)17-13-4-3-10(15)9-12(13)16;4-2(5,6)11-1(10)12-3(7,8)9;1-2;/h3-4,9,11H,2,5-8H2,1H3,(H,17,20);3-4,9,11,17H,2,5-8,16H2,1H3;;;. The van der Waals surface area contributed by atoms with E-state index >= 15 is 0 Å². The number of nitrogens with zero attached hydrogens (tertiary/aromatic N) is 3. The summed E-state index contributed by atoms with van der Waals surface area (Å²) >= 11 is 30.2. The Kier molecular flexibility index (Phi) is 22.5. The summed E-state index contributed by atoms with van der Waals surface area (Å²) in [4.78, 5) is 52.0. The summed E-state index contributed by atoms with van der Waals surface area (Å²) in [5, 5.41) is 3.30. The van der Waals surface area contributed by atoms with Crippen molar-refractivity contribution in [1.82, 2.24) is 19.4 Å². The highest BCUT2D eigenvalue weighted by atomic mass is 35.6. The van der Waals surface area contributed by atoms with Gasteiger partial charge in [-0.25, -0.2) is 28.0 Å². The lowest BCUT2D eigenvalue weighted by atomic mass is 9.81. The Morgan fingerprint density at radius 2 is 1.28 bits per heavy atom. The SMILES string of the molecule is CCOC(=O)N1CCC(Nc2ccc(F)cc2N)CC1.CCOC(=O)N1CCC(n2c(=O)[nH]c3cc(F)ccc32)CC1.O=C(OC(Cl)(Cl)Cl)OC(Cl)(Cl)Cl.[B].[B][B]. The molecular formula is C32H38B3Cl6F2N6O8. The third-order valence-corrected chi connectivity index (χ3v) is 8.29. The molecule has 2 aromatic carbocycles. The number of anilines is 2. The number of piperidine rings is 2. The number of benzene rings is 2. The molecule has 0 bridgehead atoms. The first-order valence-electron chi connectivity index (χ1n) is 16.7. The normalized spacial score (nSPS) is 14.6. The number of nitrogen functional groups attached to an aromatic ring is 1. The first kappa shape index (κ1) is 51.9. The summed E-state index contributed by atoms with van der Waals surface area (Å²) in [6.07, 6.45) is 0.994. The molecule has 2 saturated heterocycles. The zero-order valence-corrected chi connectivity index (χ0v) is 35.2. The lowest BCUT2D eigenvalue weighted by Gasteiger charge is -2.32. The molecule has 0 unspecified atom stereocenters. The van der Waals surface area contributed by atoms with Gasteiger partial charge in [0.1, 0.15) is 11.6 Å². The number of H-pyrrole nitrogens is 1. The van der Waals surface area contributed by atoms with Crippen molar-refractivity contribution in [1.29, 1.82) is 0 Å². The van der Waals surface area contributed by atoms with Crippen LogP contribution in [0.5, 0.6) is 0 Å². The molecule has 3 heterocycles. The van der Waals surface area contributed by atoms with Gasteiger partial charge >= 0.3 is 32.0 Å². The van der Waals surface area contributed by atoms with Crippen molar-refractivity contribution < 1.29 is 42.1 Å². The van der Waals surface area contributed by atoms with E-state index in [1.54, 1.807) is 40.3 Å². The number of rotatable bonds is 5. The van der Waals surface area contributed by atoms with Crippen LogP contribution in [0.4, 0.5) is 34.5 Å². The van der Waals surface area contributed by atoms with Gasteiger partial charge in [0, 0.05) is 62.1 Å². The summed E-state index contributed by atoms with van der Waals surface area (Å²) in [5.41, 5.74) is 7.86. The van der Waals surface area contributed by atoms with Crippen LogP contribution in [0.2, 0.25) is 0 Å². The lowest BCUT2D eigenvalue weighted by Crippen LogP contribution is -2.42. The molecule has 0 atom stereocenters. The van der Waals surface area contributed by atoms with Crippen molar-refractivity contribution in [3.05, 3.63) is 58.5 Å². The van der Waals surface area contributed by atoms with E-state index < -0.39 is 14.1 Å². The highest BCUT2D eigenvalue weighted by Crippen LogP contribution is 2.32. The Morgan fingerprint density at radius 3 is 1.74 bits per heavy atom. The van der Waals surface area contributed by atoms with E-state index in [0.29, 0.717) is 69.0 Å². The van der Waals surface area contributed by atoms with Gasteiger partial charge < -0.3 is 44.8 Å². The molecule has 2 fully saturated rings. The van der Waals surface area contributed by atoms with Crippen molar-refractivity contribution >= 4 is 134 Å². The average molecular weight is 918 g/mol. The monoisotopic (exact) mass is 915 g/mol. The van der Waals surface area contributed by atoms with Gasteiger partial charge in [-0.15, -0.1) is 0 Å². The number of nitrogens with two attached hydrogens (primary N) is 1. The molecule has 7 radical (unpaired) electrons. The zero-order valence-electron chi connectivity index (χ0n) is 30.6. The van der Waals surface area contributed by atoms with E-state index in [0.717, 1.165) is 18.5 Å². The molecular weight excluding hydrogens is 880 g/mol. The summed E-state index contributed by atoms with van der Waals surface area (Å²) < 4.78 is 41.3. The largest absolute Gasteiger partial charge is 0.515 e. The fourth-order valence-corrected chi connectivity index (χ4v) is 5.88. The van der Waals surface area contributed by atoms with Gasteiger partial charge in [-0.3, -0.25) is 4.57 Å². The number of fused-ring (bicyclic) bond motifs is 1. The Labute approximate surface area is 362 Å². The summed E-state index contributed by atoms with van der Waals surface area (Å²) in [5.74, 6) is -0.719. The van der Waals surface area contributed by atoms with Gasteiger partial charge in [0.25, 0.3) is 0 Å². The van der Waals surface area contributed by atoms with Crippen LogP contribution < -0.4 is 16.7 Å². The van der Waals surface area contributed by atoms with Gasteiger partial charge in [0.05, 0.1) is 35.6 Å². The van der Waals surface area contributed by atoms with E-state index in [9.17, 15) is 28.0 Å².